The summed E-state index contributed by atoms with van der Waals surface area (Å²) >= 11 is 11.7. The Hall–Kier alpha value is -2.04. The summed E-state index contributed by atoms with van der Waals surface area (Å²) in [7, 11) is 0. The number of carbonyl (C=O) groups is 2. The molecule has 2 rings (SSSR count). The summed E-state index contributed by atoms with van der Waals surface area (Å²) in [6.45, 7) is 6.18. The number of halogens is 2. The van der Waals surface area contributed by atoms with Gasteiger partial charge in [0.05, 0.1) is 16.6 Å². The maximum atomic E-state index is 12.1. The van der Waals surface area contributed by atoms with Crippen LogP contribution in [0.15, 0.2) is 42.5 Å². The number of carbonyl (C=O) groups excluding carboxylic acids is 2. The van der Waals surface area contributed by atoms with Gasteiger partial charge in [0.1, 0.15) is 0 Å². The van der Waals surface area contributed by atoms with Crippen molar-refractivity contribution in [3.63, 3.8) is 0 Å². The SMILES string of the molecule is CC(C)(C)c1ccc(C(=O)NCC(=O)Nc2ccc(Cl)c(Cl)c2)cc1. The highest BCUT2D eigenvalue weighted by atomic mass is 35.5. The molecule has 2 N–H and O–H groups in total. The minimum atomic E-state index is -0.349. The Kier molecular flexibility index (Phi) is 6.09. The monoisotopic (exact) mass is 378 g/mol. The smallest absolute Gasteiger partial charge is 0.251 e. The molecule has 6 heteroatoms. The van der Waals surface area contributed by atoms with Crippen LogP contribution in [0.2, 0.25) is 10.0 Å². The van der Waals surface area contributed by atoms with Gasteiger partial charge < -0.3 is 10.6 Å². The van der Waals surface area contributed by atoms with E-state index in [1.54, 1.807) is 30.3 Å². The number of hydrogen-bond acceptors (Lipinski definition) is 2. The maximum Gasteiger partial charge on any atom is 0.251 e. The molecule has 2 aromatic carbocycles. The third-order valence-electron chi connectivity index (χ3n) is 3.63. The van der Waals surface area contributed by atoms with Gasteiger partial charge in [-0.05, 0) is 41.3 Å². The first-order valence-electron chi connectivity index (χ1n) is 7.80. The predicted octanol–water partition coefficient (Wildman–Crippen LogP) is 4.66. The molecular weight excluding hydrogens is 359 g/mol. The average molecular weight is 379 g/mol. The molecule has 0 aromatic heterocycles. The van der Waals surface area contributed by atoms with E-state index >= 15 is 0 Å². The number of benzene rings is 2. The van der Waals surface area contributed by atoms with Gasteiger partial charge in [-0.1, -0.05) is 56.1 Å². The molecule has 2 aromatic rings. The summed E-state index contributed by atoms with van der Waals surface area (Å²) in [6.07, 6.45) is 0. The van der Waals surface area contributed by atoms with E-state index in [0.717, 1.165) is 5.56 Å². The molecular formula is C19H20Cl2N2O2. The molecule has 4 nitrogen and oxygen atoms in total. The zero-order valence-electron chi connectivity index (χ0n) is 14.3. The number of nitrogens with one attached hydrogen (secondary N) is 2. The fourth-order valence-electron chi connectivity index (χ4n) is 2.16. The van der Waals surface area contributed by atoms with E-state index in [-0.39, 0.29) is 23.8 Å². The Bertz CT molecular complexity index is 781. The van der Waals surface area contributed by atoms with Gasteiger partial charge in [0, 0.05) is 11.3 Å². The largest absolute Gasteiger partial charge is 0.343 e. The summed E-state index contributed by atoms with van der Waals surface area (Å²) in [6, 6.07) is 12.1. The first-order chi connectivity index (χ1) is 11.7. The zero-order valence-corrected chi connectivity index (χ0v) is 15.8. The molecule has 0 saturated carbocycles. The quantitative estimate of drug-likeness (QED) is 0.812. The van der Waals surface area contributed by atoms with Crippen molar-refractivity contribution in [1.82, 2.24) is 5.32 Å². The van der Waals surface area contributed by atoms with E-state index in [4.69, 9.17) is 23.2 Å². The topological polar surface area (TPSA) is 58.2 Å². The van der Waals surface area contributed by atoms with Crippen LogP contribution in [0.1, 0.15) is 36.7 Å². The van der Waals surface area contributed by atoms with E-state index in [1.165, 1.54) is 0 Å². The Labute approximate surface area is 157 Å². The molecule has 0 radical (unpaired) electrons. The lowest BCUT2D eigenvalue weighted by Crippen LogP contribution is -2.32. The summed E-state index contributed by atoms with van der Waals surface area (Å²) in [5.74, 6) is -0.650. The van der Waals surface area contributed by atoms with Crippen molar-refractivity contribution in [3.8, 4) is 0 Å². The molecule has 2 amide bonds. The lowest BCUT2D eigenvalue weighted by Gasteiger charge is -2.19. The lowest BCUT2D eigenvalue weighted by molar-refractivity contribution is -0.115. The zero-order chi connectivity index (χ0) is 18.6. The van der Waals surface area contributed by atoms with E-state index in [1.807, 2.05) is 12.1 Å². The average Bonchev–Trinajstić information content (AvgIpc) is 2.55. The van der Waals surface area contributed by atoms with Gasteiger partial charge in [-0.15, -0.1) is 0 Å². The van der Waals surface area contributed by atoms with Crippen molar-refractivity contribution in [2.24, 2.45) is 0 Å². The standard InChI is InChI=1S/C19H20Cl2N2O2/c1-19(2,3)13-6-4-12(5-7-13)18(25)22-11-17(24)23-14-8-9-15(20)16(21)10-14/h4-10H,11H2,1-3H3,(H,22,25)(H,23,24). The number of hydrogen-bond donors (Lipinski definition) is 2. The first-order valence-corrected chi connectivity index (χ1v) is 8.56. The fourth-order valence-corrected chi connectivity index (χ4v) is 2.46. The molecule has 132 valence electrons. The molecule has 0 fully saturated rings. The minimum absolute atomic E-state index is 0.0226. The highest BCUT2D eigenvalue weighted by molar-refractivity contribution is 6.42. The van der Waals surface area contributed by atoms with Crippen molar-refractivity contribution in [3.05, 3.63) is 63.6 Å². The van der Waals surface area contributed by atoms with Crippen molar-refractivity contribution in [2.75, 3.05) is 11.9 Å². The second-order valence-corrected chi connectivity index (χ2v) is 7.50. The van der Waals surface area contributed by atoms with Crippen LogP contribution in [0.3, 0.4) is 0 Å². The van der Waals surface area contributed by atoms with Gasteiger partial charge in [-0.3, -0.25) is 9.59 Å². The third-order valence-corrected chi connectivity index (χ3v) is 4.37. The van der Waals surface area contributed by atoms with E-state index in [0.29, 0.717) is 21.3 Å². The summed E-state index contributed by atoms with van der Waals surface area (Å²) in [5.41, 5.74) is 2.19. The normalized spacial score (nSPS) is 11.1. The minimum Gasteiger partial charge on any atom is -0.343 e. The highest BCUT2D eigenvalue weighted by Crippen LogP contribution is 2.25. The molecule has 0 atom stereocenters. The second-order valence-electron chi connectivity index (χ2n) is 6.69. The van der Waals surface area contributed by atoms with E-state index < -0.39 is 0 Å². The second kappa shape index (κ2) is 7.89. The van der Waals surface area contributed by atoms with Crippen molar-refractivity contribution >= 4 is 40.7 Å². The van der Waals surface area contributed by atoms with Crippen LogP contribution in [0.25, 0.3) is 0 Å². The van der Waals surface area contributed by atoms with Gasteiger partial charge in [-0.2, -0.15) is 0 Å². The van der Waals surface area contributed by atoms with Crippen LogP contribution >= 0.6 is 23.2 Å². The van der Waals surface area contributed by atoms with E-state index in [9.17, 15) is 9.59 Å². The molecule has 0 saturated heterocycles. The fraction of sp³-hybridized carbons (Fsp3) is 0.263. The molecule has 0 aliphatic carbocycles. The molecule has 0 bridgehead atoms. The molecule has 0 heterocycles. The summed E-state index contributed by atoms with van der Waals surface area (Å²) in [4.78, 5) is 24.1. The number of amides is 2. The first kappa shape index (κ1) is 19.3. The molecule has 0 aliphatic rings. The number of anilines is 1. The Morgan fingerprint density at radius 2 is 1.60 bits per heavy atom. The Balaban J connectivity index is 1.90. The van der Waals surface area contributed by atoms with E-state index in [2.05, 4.69) is 31.4 Å². The highest BCUT2D eigenvalue weighted by Gasteiger charge is 2.14. The number of rotatable bonds is 4. The maximum absolute atomic E-state index is 12.1. The summed E-state index contributed by atoms with van der Waals surface area (Å²) < 4.78 is 0. The van der Waals surface area contributed by atoms with Crippen LogP contribution in [0, 0.1) is 0 Å². The van der Waals surface area contributed by atoms with Crippen LogP contribution in [0.4, 0.5) is 5.69 Å². The summed E-state index contributed by atoms with van der Waals surface area (Å²) in [5, 5.41) is 6.00. The molecule has 0 aliphatic heterocycles. The third kappa shape index (κ3) is 5.48. The van der Waals surface area contributed by atoms with Gasteiger partial charge in [0.25, 0.3) is 5.91 Å². The van der Waals surface area contributed by atoms with Crippen LogP contribution in [-0.4, -0.2) is 18.4 Å². The van der Waals surface area contributed by atoms with Crippen LogP contribution in [0.5, 0.6) is 0 Å². The van der Waals surface area contributed by atoms with Crippen molar-refractivity contribution in [2.45, 2.75) is 26.2 Å². The lowest BCUT2D eigenvalue weighted by atomic mass is 9.87. The van der Waals surface area contributed by atoms with Crippen molar-refractivity contribution < 1.29 is 9.59 Å². The Morgan fingerprint density at radius 3 is 2.16 bits per heavy atom. The molecule has 0 spiro atoms. The van der Waals surface area contributed by atoms with Crippen molar-refractivity contribution in [1.29, 1.82) is 0 Å². The predicted molar refractivity (Wildman–Crippen MR) is 103 cm³/mol. The van der Waals surface area contributed by atoms with Gasteiger partial charge in [0.15, 0.2) is 0 Å². The van der Waals surface area contributed by atoms with Gasteiger partial charge in [-0.25, -0.2) is 0 Å². The van der Waals surface area contributed by atoms with Gasteiger partial charge in [0.2, 0.25) is 5.91 Å². The van der Waals surface area contributed by atoms with Gasteiger partial charge >= 0.3 is 0 Å². The molecule has 0 unspecified atom stereocenters. The van der Waals surface area contributed by atoms with Crippen LogP contribution < -0.4 is 10.6 Å². The van der Waals surface area contributed by atoms with Crippen LogP contribution in [-0.2, 0) is 10.2 Å². The Morgan fingerprint density at radius 1 is 0.960 bits per heavy atom. The molecule has 25 heavy (non-hydrogen) atoms.